The summed E-state index contributed by atoms with van der Waals surface area (Å²) in [5, 5.41) is 0. The molecule has 0 spiro atoms. The number of hydrogen-bond acceptors (Lipinski definition) is 1. The van der Waals surface area contributed by atoms with Gasteiger partial charge in [0.2, 0.25) is 0 Å². The Bertz CT molecular complexity index is 1080. The molecule has 1 amide bonds. The quantitative estimate of drug-likeness (QED) is 0.482. The lowest BCUT2D eigenvalue weighted by molar-refractivity contribution is -0.113. The molecule has 0 bridgehead atoms. The fourth-order valence-electron chi connectivity index (χ4n) is 3.79. The first-order valence-corrected chi connectivity index (χ1v) is 10.3. The average molecular weight is 392 g/mol. The van der Waals surface area contributed by atoms with Crippen molar-refractivity contribution in [2.75, 3.05) is 4.90 Å². The molecular formula is C28H25NO. The van der Waals surface area contributed by atoms with Crippen molar-refractivity contribution in [2.45, 2.75) is 19.3 Å². The predicted octanol–water partition coefficient (Wildman–Crippen LogP) is 6.75. The van der Waals surface area contributed by atoms with E-state index in [1.807, 2.05) is 67.6 Å². The molecule has 0 fully saturated rings. The van der Waals surface area contributed by atoms with E-state index in [9.17, 15) is 4.79 Å². The van der Waals surface area contributed by atoms with Gasteiger partial charge in [-0.1, -0.05) is 96.6 Å². The lowest BCUT2D eigenvalue weighted by Crippen LogP contribution is -2.29. The highest BCUT2D eigenvalue weighted by atomic mass is 16.2. The molecule has 1 aliphatic rings. The highest BCUT2D eigenvalue weighted by Gasteiger charge is 2.22. The van der Waals surface area contributed by atoms with E-state index in [2.05, 4.69) is 48.6 Å². The zero-order chi connectivity index (χ0) is 20.8. The van der Waals surface area contributed by atoms with E-state index < -0.39 is 0 Å². The Labute approximate surface area is 178 Å². The van der Waals surface area contributed by atoms with Crippen molar-refractivity contribution in [1.82, 2.24) is 0 Å². The van der Waals surface area contributed by atoms with E-state index in [1.54, 1.807) is 11.0 Å². The van der Waals surface area contributed by atoms with Crippen LogP contribution in [-0.2, 0) is 4.79 Å². The van der Waals surface area contributed by atoms with Gasteiger partial charge in [0.15, 0.2) is 0 Å². The standard InChI is InChI=1S/C28H25NO/c1-22-19-25(24-13-7-3-8-14-24)21-27(18-17-23-11-5-2-6-12-23)29(28(30)20-22)26-15-9-4-10-16-26/h2-18,20-21,25H,19H2,1H3/b18-17+,22-20-,27-21-. The average Bonchev–Trinajstić information content (AvgIpc) is 2.78. The predicted molar refractivity (Wildman–Crippen MR) is 125 cm³/mol. The van der Waals surface area contributed by atoms with Gasteiger partial charge in [-0.2, -0.15) is 0 Å². The second-order valence-electron chi connectivity index (χ2n) is 7.56. The van der Waals surface area contributed by atoms with Crippen molar-refractivity contribution in [2.24, 2.45) is 0 Å². The van der Waals surface area contributed by atoms with E-state index in [4.69, 9.17) is 0 Å². The van der Waals surface area contributed by atoms with Gasteiger partial charge in [0.25, 0.3) is 5.91 Å². The molecule has 3 aromatic rings. The lowest BCUT2D eigenvalue weighted by Gasteiger charge is -2.27. The van der Waals surface area contributed by atoms with Gasteiger partial charge in [0.05, 0.1) is 0 Å². The van der Waals surface area contributed by atoms with Crippen molar-refractivity contribution in [3.63, 3.8) is 0 Å². The number of benzene rings is 3. The van der Waals surface area contributed by atoms with Crippen LogP contribution >= 0.6 is 0 Å². The fourth-order valence-corrected chi connectivity index (χ4v) is 3.79. The van der Waals surface area contributed by atoms with Crippen LogP contribution in [0, 0.1) is 0 Å². The molecule has 0 N–H and O–H groups in total. The molecule has 0 aliphatic carbocycles. The summed E-state index contributed by atoms with van der Waals surface area (Å²) < 4.78 is 0. The molecule has 3 aromatic carbocycles. The summed E-state index contributed by atoms with van der Waals surface area (Å²) in [7, 11) is 0. The van der Waals surface area contributed by atoms with E-state index >= 15 is 0 Å². The molecule has 0 radical (unpaired) electrons. The van der Waals surface area contributed by atoms with E-state index in [0.29, 0.717) is 0 Å². The molecule has 2 heteroatoms. The van der Waals surface area contributed by atoms with Crippen molar-refractivity contribution >= 4 is 17.7 Å². The molecule has 1 aliphatic heterocycles. The maximum absolute atomic E-state index is 13.2. The molecule has 2 nitrogen and oxygen atoms in total. The molecule has 1 unspecified atom stereocenters. The van der Waals surface area contributed by atoms with Crippen LogP contribution in [0.25, 0.3) is 6.08 Å². The van der Waals surface area contributed by atoms with Crippen LogP contribution in [0.2, 0.25) is 0 Å². The molecule has 4 rings (SSSR count). The number of allylic oxidation sites excluding steroid dienone is 3. The first kappa shape index (κ1) is 19.7. The summed E-state index contributed by atoms with van der Waals surface area (Å²) in [6.45, 7) is 2.04. The van der Waals surface area contributed by atoms with Crippen LogP contribution in [0.4, 0.5) is 5.69 Å². The van der Waals surface area contributed by atoms with E-state index in [0.717, 1.165) is 28.9 Å². The lowest BCUT2D eigenvalue weighted by atomic mass is 9.89. The molecule has 0 saturated heterocycles. The first-order chi connectivity index (χ1) is 14.7. The number of rotatable bonds is 4. The third-order valence-corrected chi connectivity index (χ3v) is 5.25. The molecule has 30 heavy (non-hydrogen) atoms. The van der Waals surface area contributed by atoms with Gasteiger partial charge in [-0.05, 0) is 42.7 Å². The summed E-state index contributed by atoms with van der Waals surface area (Å²) in [5.41, 5.74) is 5.18. The van der Waals surface area contributed by atoms with Gasteiger partial charge in [0, 0.05) is 23.4 Å². The number of carbonyl (C=O) groups is 1. The molecular weight excluding hydrogens is 366 g/mol. The first-order valence-electron chi connectivity index (χ1n) is 10.3. The monoisotopic (exact) mass is 391 g/mol. The topological polar surface area (TPSA) is 20.3 Å². The van der Waals surface area contributed by atoms with E-state index in [1.165, 1.54) is 5.56 Å². The van der Waals surface area contributed by atoms with Crippen molar-refractivity contribution in [3.05, 3.63) is 132 Å². The van der Waals surface area contributed by atoms with Crippen LogP contribution < -0.4 is 4.90 Å². The van der Waals surface area contributed by atoms with Crippen molar-refractivity contribution in [1.29, 1.82) is 0 Å². The maximum Gasteiger partial charge on any atom is 0.255 e. The number of anilines is 1. The summed E-state index contributed by atoms with van der Waals surface area (Å²) in [4.78, 5) is 15.0. The Kier molecular flexibility index (Phi) is 6.05. The maximum atomic E-state index is 13.2. The second-order valence-corrected chi connectivity index (χ2v) is 7.56. The Morgan fingerprint density at radius 2 is 1.40 bits per heavy atom. The Hall–Kier alpha value is -3.65. The van der Waals surface area contributed by atoms with Crippen LogP contribution in [0.15, 0.2) is 120 Å². The summed E-state index contributed by atoms with van der Waals surface area (Å²) in [5.74, 6) is 0.173. The smallest absolute Gasteiger partial charge is 0.255 e. The third-order valence-electron chi connectivity index (χ3n) is 5.25. The zero-order valence-electron chi connectivity index (χ0n) is 17.1. The van der Waals surface area contributed by atoms with Crippen LogP contribution in [-0.4, -0.2) is 5.91 Å². The normalized spacial score (nSPS) is 20.8. The minimum atomic E-state index is -0.0193. The van der Waals surface area contributed by atoms with Gasteiger partial charge in [-0.25, -0.2) is 0 Å². The SMILES string of the molecule is C/C1=C/C(=O)N(c2ccccc2)C(/C=C/c2ccccc2)=C\C(c2ccccc2)C1. The second kappa shape index (κ2) is 9.23. The largest absolute Gasteiger partial charge is 0.278 e. The zero-order valence-corrected chi connectivity index (χ0v) is 17.1. The molecule has 0 saturated carbocycles. The molecule has 0 aromatic heterocycles. The Balaban J connectivity index is 1.83. The van der Waals surface area contributed by atoms with Crippen molar-refractivity contribution in [3.8, 4) is 0 Å². The molecule has 1 heterocycles. The van der Waals surface area contributed by atoms with Crippen molar-refractivity contribution < 1.29 is 4.79 Å². The fraction of sp³-hybridized carbons (Fsp3) is 0.107. The van der Waals surface area contributed by atoms with Gasteiger partial charge in [-0.15, -0.1) is 0 Å². The number of para-hydroxylation sites is 1. The van der Waals surface area contributed by atoms with Gasteiger partial charge in [0.1, 0.15) is 0 Å². The van der Waals surface area contributed by atoms with Gasteiger partial charge < -0.3 is 0 Å². The summed E-state index contributed by atoms with van der Waals surface area (Å²) in [6.07, 6.45) is 8.92. The third kappa shape index (κ3) is 4.66. The van der Waals surface area contributed by atoms with Crippen LogP contribution in [0.5, 0.6) is 0 Å². The van der Waals surface area contributed by atoms with Gasteiger partial charge in [-0.3, -0.25) is 9.69 Å². The summed E-state index contributed by atoms with van der Waals surface area (Å²) in [6, 6.07) is 30.5. The number of hydrogen-bond donors (Lipinski definition) is 0. The highest BCUT2D eigenvalue weighted by Crippen LogP contribution is 2.32. The van der Waals surface area contributed by atoms with Crippen LogP contribution in [0.1, 0.15) is 30.4 Å². The van der Waals surface area contributed by atoms with Crippen LogP contribution in [0.3, 0.4) is 0 Å². The highest BCUT2D eigenvalue weighted by molar-refractivity contribution is 6.05. The number of nitrogens with zero attached hydrogens (tertiary/aromatic N) is 1. The molecule has 1 atom stereocenters. The molecule has 148 valence electrons. The number of amides is 1. The van der Waals surface area contributed by atoms with E-state index in [-0.39, 0.29) is 11.8 Å². The Morgan fingerprint density at radius 3 is 2.07 bits per heavy atom. The minimum absolute atomic E-state index is 0.0193. The number of carbonyl (C=O) groups excluding carboxylic acids is 1. The minimum Gasteiger partial charge on any atom is -0.278 e. The Morgan fingerprint density at radius 1 is 0.800 bits per heavy atom. The van der Waals surface area contributed by atoms with Gasteiger partial charge >= 0.3 is 0 Å². The summed E-state index contributed by atoms with van der Waals surface area (Å²) >= 11 is 0.